The van der Waals surface area contributed by atoms with Crippen molar-refractivity contribution in [3.8, 4) is 5.75 Å². The molecule has 0 heterocycles. The Balaban J connectivity index is 0.00000289. The molecule has 0 saturated carbocycles. The second-order valence-electron chi connectivity index (χ2n) is 2.79. The minimum Gasteiger partial charge on any atom is -0.545 e. The summed E-state index contributed by atoms with van der Waals surface area (Å²) in [7, 11) is -5.04. The number of aromatic carboxylic acids is 2. The maximum absolute atomic E-state index is 10.7. The Bertz CT molecular complexity index is 547. The van der Waals surface area contributed by atoms with Gasteiger partial charge in [0, 0.05) is 5.56 Å². The first kappa shape index (κ1) is 16.9. The van der Waals surface area contributed by atoms with Gasteiger partial charge in [0.1, 0.15) is 5.56 Å². The zero-order valence-electron chi connectivity index (χ0n) is 8.98. The molecule has 1 aromatic carbocycles. The van der Waals surface area contributed by atoms with Gasteiger partial charge in [0.25, 0.3) is 0 Å². The van der Waals surface area contributed by atoms with Crippen LogP contribution in [0.25, 0.3) is 0 Å². The number of rotatable bonds is 4. The number of hydrogen-bond donors (Lipinski definition) is 2. The van der Waals surface area contributed by atoms with Crippen LogP contribution in [0.4, 0.5) is 0 Å². The van der Waals surface area contributed by atoms with Gasteiger partial charge >= 0.3 is 45.9 Å². The van der Waals surface area contributed by atoms with Gasteiger partial charge in [0.2, 0.25) is 0 Å². The topological polar surface area (TPSA) is 141 Å². The van der Waals surface area contributed by atoms with Crippen molar-refractivity contribution in [2.24, 2.45) is 0 Å². The van der Waals surface area contributed by atoms with Crippen molar-refractivity contribution < 1.29 is 66.5 Å². The first-order chi connectivity index (χ1) is 7.72. The van der Waals surface area contributed by atoms with E-state index in [9.17, 15) is 23.1 Å². The third kappa shape index (κ3) is 4.27. The molecule has 0 atom stereocenters. The molecule has 18 heavy (non-hydrogen) atoms. The first-order valence-electron chi connectivity index (χ1n) is 3.97. The molecule has 8 nitrogen and oxygen atoms in total. The van der Waals surface area contributed by atoms with Gasteiger partial charge in [-0.05, 0) is 12.1 Å². The van der Waals surface area contributed by atoms with Crippen molar-refractivity contribution >= 4 is 22.3 Å². The van der Waals surface area contributed by atoms with Gasteiger partial charge in [0.05, 0.1) is 5.97 Å². The van der Waals surface area contributed by atoms with Crippen molar-refractivity contribution in [3.63, 3.8) is 0 Å². The molecular formula is C8H5NaO8S. The molecule has 92 valence electrons. The molecule has 10 heteroatoms. The molecule has 0 aliphatic heterocycles. The zero-order valence-corrected chi connectivity index (χ0v) is 11.8. The molecule has 0 bridgehead atoms. The second-order valence-corrected chi connectivity index (χ2v) is 3.81. The van der Waals surface area contributed by atoms with Crippen LogP contribution in [0.5, 0.6) is 5.75 Å². The van der Waals surface area contributed by atoms with Crippen LogP contribution < -0.4 is 38.8 Å². The number of carboxylic acid groups (broad SMARTS) is 2. The fourth-order valence-electron chi connectivity index (χ4n) is 1.06. The van der Waals surface area contributed by atoms with E-state index in [0.717, 1.165) is 18.2 Å². The summed E-state index contributed by atoms with van der Waals surface area (Å²) in [5.41, 5.74) is -1.54. The molecule has 0 saturated heterocycles. The minimum absolute atomic E-state index is 0. The van der Waals surface area contributed by atoms with Crippen molar-refractivity contribution in [2.45, 2.75) is 0 Å². The van der Waals surface area contributed by atoms with E-state index >= 15 is 0 Å². The standard InChI is InChI=1S/C8H6O8S.Na/c9-7(10)4-2-1-3-5(8(11)12)6(4)16-17(13,14)15;/h1-3H,(H,9,10)(H,11,12)(H,13,14,15);/q;+1/p-1. The molecule has 0 radical (unpaired) electrons. The average molecular weight is 284 g/mol. The van der Waals surface area contributed by atoms with Crippen molar-refractivity contribution in [1.82, 2.24) is 0 Å². The van der Waals surface area contributed by atoms with Gasteiger partial charge < -0.3 is 19.2 Å². The summed E-state index contributed by atoms with van der Waals surface area (Å²) >= 11 is 0. The van der Waals surface area contributed by atoms with Crippen molar-refractivity contribution in [2.75, 3.05) is 0 Å². The first-order valence-corrected chi connectivity index (χ1v) is 5.33. The van der Waals surface area contributed by atoms with Crippen LogP contribution in [0, 0.1) is 0 Å². The Labute approximate surface area is 123 Å². The molecular weight excluding hydrogens is 279 g/mol. The van der Waals surface area contributed by atoms with Crippen LogP contribution in [-0.4, -0.2) is 30.0 Å². The Morgan fingerprint density at radius 1 is 1.22 bits per heavy atom. The summed E-state index contributed by atoms with van der Waals surface area (Å²) in [6.45, 7) is 0. The van der Waals surface area contributed by atoms with E-state index in [4.69, 9.17) is 9.66 Å². The maximum Gasteiger partial charge on any atom is 1.00 e. The van der Waals surface area contributed by atoms with Crippen LogP contribution in [-0.2, 0) is 10.4 Å². The molecule has 0 aromatic heterocycles. The summed E-state index contributed by atoms with van der Waals surface area (Å²) < 4.78 is 33.3. The quantitative estimate of drug-likeness (QED) is 0.420. The molecule has 2 N–H and O–H groups in total. The fourth-order valence-corrected chi connectivity index (χ4v) is 1.45. The molecule has 0 fully saturated rings. The molecule has 0 unspecified atom stereocenters. The molecule has 0 aliphatic rings. The van der Waals surface area contributed by atoms with Crippen molar-refractivity contribution in [1.29, 1.82) is 0 Å². The van der Waals surface area contributed by atoms with Gasteiger partial charge in [-0.15, -0.1) is 0 Å². The van der Waals surface area contributed by atoms with Gasteiger partial charge in [-0.1, -0.05) is 6.07 Å². The Morgan fingerprint density at radius 3 is 2.11 bits per heavy atom. The van der Waals surface area contributed by atoms with Gasteiger partial charge in [-0.25, -0.2) is 4.79 Å². The molecule has 0 aliphatic carbocycles. The number of benzene rings is 1. The molecule has 0 amide bonds. The van der Waals surface area contributed by atoms with E-state index in [1.807, 2.05) is 0 Å². The average Bonchev–Trinajstić information content (AvgIpc) is 2.14. The Morgan fingerprint density at radius 2 is 1.72 bits per heavy atom. The predicted octanol–water partition coefficient (Wildman–Crippen LogP) is -4.07. The summed E-state index contributed by atoms with van der Waals surface area (Å²) in [6, 6.07) is 2.85. The van der Waals surface area contributed by atoms with E-state index in [-0.39, 0.29) is 29.6 Å². The fraction of sp³-hybridized carbons (Fsp3) is 0. The maximum atomic E-state index is 10.7. The van der Waals surface area contributed by atoms with Gasteiger partial charge in [-0.2, -0.15) is 8.42 Å². The number of carboxylic acids is 2. The summed E-state index contributed by atoms with van der Waals surface area (Å²) in [4.78, 5) is 21.3. The minimum atomic E-state index is -5.04. The number of para-hydroxylation sites is 1. The van der Waals surface area contributed by atoms with E-state index < -0.39 is 39.2 Å². The number of carbonyl (C=O) groups is 2. The Hall–Kier alpha value is -1.13. The smallest absolute Gasteiger partial charge is 0.545 e. The van der Waals surface area contributed by atoms with E-state index in [1.165, 1.54) is 0 Å². The summed E-state index contributed by atoms with van der Waals surface area (Å²) in [6.07, 6.45) is 0. The third-order valence-electron chi connectivity index (χ3n) is 1.65. The zero-order chi connectivity index (χ0) is 13.2. The molecule has 1 aromatic rings. The van der Waals surface area contributed by atoms with Crippen LogP contribution in [0.2, 0.25) is 0 Å². The Kier molecular flexibility index (Phi) is 5.77. The number of hydrogen-bond acceptors (Lipinski definition) is 6. The monoisotopic (exact) mass is 284 g/mol. The van der Waals surface area contributed by atoms with Crippen LogP contribution in [0.3, 0.4) is 0 Å². The van der Waals surface area contributed by atoms with E-state index in [1.54, 1.807) is 0 Å². The normalized spacial score (nSPS) is 10.3. The summed E-state index contributed by atoms with van der Waals surface area (Å²) in [5, 5.41) is 19.3. The van der Waals surface area contributed by atoms with Crippen LogP contribution in [0.1, 0.15) is 20.7 Å². The van der Waals surface area contributed by atoms with Gasteiger partial charge in [0.15, 0.2) is 5.75 Å². The van der Waals surface area contributed by atoms with Crippen LogP contribution >= 0.6 is 0 Å². The SMILES string of the molecule is O=C([O-])c1cccc(C(=O)O)c1OS(=O)(=O)O.[Na+]. The number of carbonyl (C=O) groups excluding carboxylic acids is 1. The van der Waals surface area contributed by atoms with Crippen molar-refractivity contribution in [3.05, 3.63) is 29.3 Å². The largest absolute Gasteiger partial charge is 1.00 e. The van der Waals surface area contributed by atoms with Gasteiger partial charge in [-0.3, -0.25) is 4.55 Å². The summed E-state index contributed by atoms with van der Waals surface area (Å²) in [5.74, 6) is -4.47. The second kappa shape index (κ2) is 6.16. The van der Waals surface area contributed by atoms with E-state index in [2.05, 4.69) is 4.18 Å². The molecule has 0 spiro atoms. The predicted molar refractivity (Wildman–Crippen MR) is 49.9 cm³/mol. The molecule has 1 rings (SSSR count). The van der Waals surface area contributed by atoms with E-state index in [0.29, 0.717) is 0 Å². The third-order valence-corrected chi connectivity index (χ3v) is 2.03. The van der Waals surface area contributed by atoms with Crippen LogP contribution in [0.15, 0.2) is 18.2 Å².